The van der Waals surface area contributed by atoms with Crippen LogP contribution in [0.25, 0.3) is 0 Å². The van der Waals surface area contributed by atoms with Crippen molar-refractivity contribution in [3.63, 3.8) is 0 Å². The van der Waals surface area contributed by atoms with Gasteiger partial charge in [0, 0.05) is 5.88 Å². The third kappa shape index (κ3) is 5.11. The zero-order valence-electron chi connectivity index (χ0n) is 8.05. The van der Waals surface area contributed by atoms with E-state index >= 15 is 0 Å². The van der Waals surface area contributed by atoms with Gasteiger partial charge in [0.25, 0.3) is 5.91 Å². The van der Waals surface area contributed by atoms with Crippen molar-refractivity contribution in [1.82, 2.24) is 4.90 Å². The van der Waals surface area contributed by atoms with E-state index < -0.39 is 12.5 Å². The summed E-state index contributed by atoms with van der Waals surface area (Å²) in [7, 11) is 0. The summed E-state index contributed by atoms with van der Waals surface area (Å²) in [6, 6.07) is 0. The van der Waals surface area contributed by atoms with Gasteiger partial charge in [-0.25, -0.2) is 0 Å². The van der Waals surface area contributed by atoms with Crippen LogP contribution in [0.5, 0.6) is 0 Å². The van der Waals surface area contributed by atoms with Gasteiger partial charge in [0.2, 0.25) is 0 Å². The number of amides is 1. The Morgan fingerprint density at radius 3 is 2.76 bits per heavy atom. The van der Waals surface area contributed by atoms with Gasteiger partial charge in [0.05, 0.1) is 4.91 Å². The number of rotatable bonds is 4. The molecule has 0 atom stereocenters. The molecule has 1 heterocycles. The van der Waals surface area contributed by atoms with Gasteiger partial charge >= 0.3 is 35.5 Å². The van der Waals surface area contributed by atoms with Gasteiger partial charge in [-0.15, -0.1) is 11.6 Å². The average molecular weight is 302 g/mol. The van der Waals surface area contributed by atoms with Crippen molar-refractivity contribution in [2.24, 2.45) is 0 Å². The number of carbonyl (C=O) groups excluding carboxylic acids is 1. The first-order valence-corrected chi connectivity index (χ1v) is 6.00. The van der Waals surface area contributed by atoms with Crippen molar-refractivity contribution in [3.05, 3.63) is 23.1 Å². The molecule has 4 nitrogen and oxygen atoms in total. The number of halogens is 1. The van der Waals surface area contributed by atoms with Crippen LogP contribution in [0.2, 0.25) is 0 Å². The van der Waals surface area contributed by atoms with Crippen LogP contribution in [0.3, 0.4) is 0 Å². The Kier molecular flexibility index (Phi) is 8.36. The molecule has 1 rings (SSSR count). The minimum atomic E-state index is -1.09. The van der Waals surface area contributed by atoms with E-state index in [0.717, 1.165) is 16.7 Å². The van der Waals surface area contributed by atoms with Crippen molar-refractivity contribution < 1.29 is 14.7 Å². The number of nitrogens with zero attached hydrogens (tertiary/aromatic N) is 1. The first kappa shape index (κ1) is 17.2. The summed E-state index contributed by atoms with van der Waals surface area (Å²) < 4.78 is 0.262. The third-order valence-electron chi connectivity index (χ3n) is 1.64. The Balaban J connectivity index is 0.00000256. The van der Waals surface area contributed by atoms with Crippen LogP contribution >= 0.6 is 35.6 Å². The van der Waals surface area contributed by atoms with E-state index in [9.17, 15) is 9.59 Å². The van der Waals surface area contributed by atoms with E-state index in [1.807, 2.05) is 0 Å². The summed E-state index contributed by atoms with van der Waals surface area (Å²) in [6.45, 7) is -0.402. The zero-order chi connectivity index (χ0) is 12.1. The molecular weight excluding hydrogens is 293 g/mol. The van der Waals surface area contributed by atoms with Gasteiger partial charge in [-0.05, 0) is 6.08 Å². The van der Waals surface area contributed by atoms with Gasteiger partial charge in [-0.1, -0.05) is 36.1 Å². The van der Waals surface area contributed by atoms with E-state index in [4.69, 9.17) is 28.9 Å². The van der Waals surface area contributed by atoms with E-state index in [0.29, 0.717) is 10.8 Å². The van der Waals surface area contributed by atoms with Crippen molar-refractivity contribution in [2.75, 3.05) is 12.4 Å². The van der Waals surface area contributed by atoms with Crippen molar-refractivity contribution >= 4 is 81.3 Å². The van der Waals surface area contributed by atoms with Crippen LogP contribution < -0.4 is 0 Å². The Bertz CT molecular complexity index is 398. The molecule has 8 heteroatoms. The molecule has 0 aromatic carbocycles. The molecule has 0 aliphatic carbocycles. The molecule has 17 heavy (non-hydrogen) atoms. The van der Waals surface area contributed by atoms with Crippen LogP contribution in [-0.2, 0) is 9.59 Å². The normalized spacial score (nSPS) is 17.9. The number of carboxylic acid groups (broad SMARTS) is 1. The standard InChI is InChI=1S/C9H8ClNO3S2.Na.H/c10-4-2-1-3-6-8(14)11(5-7(12)13)9(15)16-6;;/h1-3H,4-5H2,(H,12,13);;. The SMILES string of the molecule is O=C(O)CN1C(=O)C(=CC=CCCl)SC1=S.[NaH]. The van der Waals surface area contributed by atoms with Crippen LogP contribution in [-0.4, -0.2) is 68.2 Å². The molecule has 0 aromatic rings. The summed E-state index contributed by atoms with van der Waals surface area (Å²) in [5, 5.41) is 8.60. The predicted octanol–water partition coefficient (Wildman–Crippen LogP) is 0.962. The van der Waals surface area contributed by atoms with E-state index in [-0.39, 0.29) is 39.8 Å². The number of alkyl halides is 1. The van der Waals surface area contributed by atoms with Crippen molar-refractivity contribution in [3.8, 4) is 0 Å². The zero-order valence-corrected chi connectivity index (χ0v) is 10.4. The Hall–Kier alpha value is 0.150. The second kappa shape index (κ2) is 8.29. The predicted molar refractivity (Wildman–Crippen MR) is 74.6 cm³/mol. The summed E-state index contributed by atoms with van der Waals surface area (Å²) in [6.07, 6.45) is 4.88. The van der Waals surface area contributed by atoms with E-state index in [1.54, 1.807) is 18.2 Å². The summed E-state index contributed by atoms with van der Waals surface area (Å²) in [4.78, 5) is 23.6. The fourth-order valence-corrected chi connectivity index (χ4v) is 2.30. The molecule has 0 spiro atoms. The quantitative estimate of drug-likeness (QED) is 0.363. The summed E-state index contributed by atoms with van der Waals surface area (Å²) >= 11 is 11.4. The van der Waals surface area contributed by atoms with E-state index in [2.05, 4.69) is 0 Å². The monoisotopic (exact) mass is 301 g/mol. The molecule has 1 saturated heterocycles. The molecule has 1 aliphatic heterocycles. The van der Waals surface area contributed by atoms with Gasteiger partial charge in [-0.3, -0.25) is 14.5 Å². The maximum atomic E-state index is 11.7. The molecule has 1 fully saturated rings. The van der Waals surface area contributed by atoms with Gasteiger partial charge in [0.1, 0.15) is 10.9 Å². The molecule has 1 N–H and O–H groups in total. The van der Waals surface area contributed by atoms with Gasteiger partial charge in [0.15, 0.2) is 0 Å². The number of aliphatic carboxylic acids is 1. The number of hydrogen-bond acceptors (Lipinski definition) is 4. The number of allylic oxidation sites excluding steroid dienone is 3. The van der Waals surface area contributed by atoms with Crippen LogP contribution in [0.4, 0.5) is 0 Å². The number of thioether (sulfide) groups is 1. The van der Waals surface area contributed by atoms with Gasteiger partial charge < -0.3 is 5.11 Å². The fraction of sp³-hybridized carbons (Fsp3) is 0.222. The second-order valence-corrected chi connectivity index (χ2v) is 4.75. The molecule has 88 valence electrons. The molecule has 1 aliphatic rings. The minimum absolute atomic E-state index is 0. The Morgan fingerprint density at radius 2 is 2.24 bits per heavy atom. The molecule has 0 radical (unpaired) electrons. The van der Waals surface area contributed by atoms with Crippen LogP contribution in [0.15, 0.2) is 23.1 Å². The van der Waals surface area contributed by atoms with E-state index in [1.165, 1.54) is 0 Å². The number of carboxylic acids is 1. The fourth-order valence-electron chi connectivity index (χ4n) is 0.993. The third-order valence-corrected chi connectivity index (χ3v) is 3.21. The first-order valence-electron chi connectivity index (χ1n) is 4.24. The summed E-state index contributed by atoms with van der Waals surface area (Å²) in [5.41, 5.74) is 0. The average Bonchev–Trinajstić information content (AvgIpc) is 2.46. The topological polar surface area (TPSA) is 57.6 Å². The molecule has 0 saturated carbocycles. The molecule has 1 amide bonds. The Labute approximate surface area is 135 Å². The number of carbonyl (C=O) groups is 2. The van der Waals surface area contributed by atoms with Gasteiger partial charge in [-0.2, -0.15) is 0 Å². The Morgan fingerprint density at radius 1 is 1.59 bits per heavy atom. The molecular formula is C9H9ClNNaO3S2. The van der Waals surface area contributed by atoms with Crippen molar-refractivity contribution in [1.29, 1.82) is 0 Å². The second-order valence-electron chi connectivity index (χ2n) is 2.77. The molecule has 0 bridgehead atoms. The van der Waals surface area contributed by atoms with Crippen LogP contribution in [0, 0.1) is 0 Å². The molecule has 0 aromatic heterocycles. The van der Waals surface area contributed by atoms with Crippen molar-refractivity contribution in [2.45, 2.75) is 0 Å². The molecule has 0 unspecified atom stereocenters. The van der Waals surface area contributed by atoms with Crippen LogP contribution in [0.1, 0.15) is 0 Å². The first-order chi connectivity index (χ1) is 7.56. The maximum absolute atomic E-state index is 11.7. The summed E-state index contributed by atoms with van der Waals surface area (Å²) in [5.74, 6) is -1.11. The number of hydrogen-bond donors (Lipinski definition) is 1. The number of thiocarbonyl (C=S) groups is 1.